The average molecular weight is 207 g/mol. The van der Waals surface area contributed by atoms with Crippen molar-refractivity contribution in [2.75, 3.05) is 19.0 Å². The SMILES string of the molecule is COc1ccc(C)cc1NCCC(C)C. The number of methoxy groups -OCH3 is 1. The van der Waals surface area contributed by atoms with E-state index < -0.39 is 0 Å². The van der Waals surface area contributed by atoms with Gasteiger partial charge in [-0.2, -0.15) is 0 Å². The van der Waals surface area contributed by atoms with Crippen molar-refractivity contribution in [2.45, 2.75) is 27.2 Å². The highest BCUT2D eigenvalue weighted by molar-refractivity contribution is 5.57. The van der Waals surface area contributed by atoms with E-state index in [0.29, 0.717) is 0 Å². The summed E-state index contributed by atoms with van der Waals surface area (Å²) >= 11 is 0. The van der Waals surface area contributed by atoms with Crippen LogP contribution in [-0.4, -0.2) is 13.7 Å². The number of anilines is 1. The Morgan fingerprint density at radius 3 is 2.67 bits per heavy atom. The summed E-state index contributed by atoms with van der Waals surface area (Å²) in [5, 5.41) is 3.41. The number of hydrogen-bond donors (Lipinski definition) is 1. The molecule has 0 saturated carbocycles. The van der Waals surface area contributed by atoms with Gasteiger partial charge in [-0.25, -0.2) is 0 Å². The van der Waals surface area contributed by atoms with Gasteiger partial charge in [-0.05, 0) is 37.0 Å². The van der Waals surface area contributed by atoms with Crippen LogP contribution in [0.3, 0.4) is 0 Å². The summed E-state index contributed by atoms with van der Waals surface area (Å²) in [6.07, 6.45) is 1.18. The van der Waals surface area contributed by atoms with Crippen LogP contribution in [0.2, 0.25) is 0 Å². The molecule has 0 aliphatic heterocycles. The van der Waals surface area contributed by atoms with Gasteiger partial charge in [-0.15, -0.1) is 0 Å². The summed E-state index contributed by atoms with van der Waals surface area (Å²) in [5.74, 6) is 1.65. The van der Waals surface area contributed by atoms with Crippen LogP contribution in [0, 0.1) is 12.8 Å². The van der Waals surface area contributed by atoms with Gasteiger partial charge in [0.25, 0.3) is 0 Å². The lowest BCUT2D eigenvalue weighted by Crippen LogP contribution is -2.06. The van der Waals surface area contributed by atoms with Crippen LogP contribution in [0.4, 0.5) is 5.69 Å². The molecule has 15 heavy (non-hydrogen) atoms. The summed E-state index contributed by atoms with van der Waals surface area (Å²) in [6.45, 7) is 7.55. The zero-order chi connectivity index (χ0) is 11.3. The molecule has 0 fully saturated rings. The topological polar surface area (TPSA) is 21.3 Å². The quantitative estimate of drug-likeness (QED) is 0.798. The molecule has 1 aromatic rings. The van der Waals surface area contributed by atoms with E-state index in [2.05, 4.69) is 38.2 Å². The average Bonchev–Trinajstić information content (AvgIpc) is 2.17. The Morgan fingerprint density at radius 2 is 2.07 bits per heavy atom. The van der Waals surface area contributed by atoms with Crippen molar-refractivity contribution in [3.05, 3.63) is 23.8 Å². The lowest BCUT2D eigenvalue weighted by molar-refractivity contribution is 0.416. The first-order chi connectivity index (χ1) is 7.13. The molecular weight excluding hydrogens is 186 g/mol. The zero-order valence-electron chi connectivity index (χ0n) is 10.1. The van der Waals surface area contributed by atoms with Crippen molar-refractivity contribution in [3.63, 3.8) is 0 Å². The first-order valence-corrected chi connectivity index (χ1v) is 5.52. The molecule has 0 atom stereocenters. The number of aryl methyl sites for hydroxylation is 1. The van der Waals surface area contributed by atoms with E-state index in [1.807, 2.05) is 6.07 Å². The number of nitrogens with one attached hydrogen (secondary N) is 1. The Hall–Kier alpha value is -1.18. The summed E-state index contributed by atoms with van der Waals surface area (Å²) in [5.41, 5.74) is 2.35. The zero-order valence-corrected chi connectivity index (χ0v) is 10.1. The third kappa shape index (κ3) is 3.82. The molecule has 1 aromatic carbocycles. The van der Waals surface area contributed by atoms with Crippen LogP contribution in [0.5, 0.6) is 5.75 Å². The van der Waals surface area contributed by atoms with E-state index in [4.69, 9.17) is 4.74 Å². The molecule has 0 saturated heterocycles. The second-order valence-electron chi connectivity index (χ2n) is 4.31. The van der Waals surface area contributed by atoms with Gasteiger partial charge in [0.1, 0.15) is 5.75 Å². The van der Waals surface area contributed by atoms with Crippen molar-refractivity contribution < 1.29 is 4.74 Å². The minimum absolute atomic E-state index is 0.730. The van der Waals surface area contributed by atoms with Crippen LogP contribution in [0.25, 0.3) is 0 Å². The molecule has 0 spiro atoms. The maximum absolute atomic E-state index is 5.30. The summed E-state index contributed by atoms with van der Waals surface area (Å²) in [7, 11) is 1.71. The van der Waals surface area contributed by atoms with Crippen LogP contribution < -0.4 is 10.1 Å². The highest BCUT2D eigenvalue weighted by atomic mass is 16.5. The van der Waals surface area contributed by atoms with Gasteiger partial charge in [0, 0.05) is 6.54 Å². The smallest absolute Gasteiger partial charge is 0.141 e. The lowest BCUT2D eigenvalue weighted by Gasteiger charge is -2.12. The molecule has 0 unspecified atom stereocenters. The van der Waals surface area contributed by atoms with Crippen LogP contribution in [-0.2, 0) is 0 Å². The molecule has 0 bridgehead atoms. The Kier molecular flexibility index (Phi) is 4.47. The van der Waals surface area contributed by atoms with Crippen LogP contribution in [0.1, 0.15) is 25.8 Å². The largest absolute Gasteiger partial charge is 0.495 e. The fourth-order valence-corrected chi connectivity index (χ4v) is 1.46. The minimum Gasteiger partial charge on any atom is -0.495 e. The number of benzene rings is 1. The second kappa shape index (κ2) is 5.64. The first kappa shape index (κ1) is 11.9. The van der Waals surface area contributed by atoms with E-state index in [1.165, 1.54) is 12.0 Å². The first-order valence-electron chi connectivity index (χ1n) is 5.52. The highest BCUT2D eigenvalue weighted by Gasteiger charge is 2.02. The van der Waals surface area contributed by atoms with Crippen molar-refractivity contribution in [1.29, 1.82) is 0 Å². The third-order valence-corrected chi connectivity index (χ3v) is 2.39. The third-order valence-electron chi connectivity index (χ3n) is 2.39. The molecule has 0 amide bonds. The second-order valence-corrected chi connectivity index (χ2v) is 4.31. The van der Waals surface area contributed by atoms with Crippen molar-refractivity contribution >= 4 is 5.69 Å². The molecule has 0 heterocycles. The lowest BCUT2D eigenvalue weighted by atomic mass is 10.1. The Labute approximate surface area is 92.6 Å². The Bertz CT molecular complexity index is 307. The standard InChI is InChI=1S/C13H21NO/c1-10(2)7-8-14-12-9-11(3)5-6-13(12)15-4/h5-6,9-10,14H,7-8H2,1-4H3. The predicted octanol–water partition coefficient (Wildman–Crippen LogP) is 3.46. The van der Waals surface area contributed by atoms with E-state index in [-0.39, 0.29) is 0 Å². The maximum Gasteiger partial charge on any atom is 0.141 e. The van der Waals surface area contributed by atoms with Crippen molar-refractivity contribution in [1.82, 2.24) is 0 Å². The van der Waals surface area contributed by atoms with Gasteiger partial charge < -0.3 is 10.1 Å². The summed E-state index contributed by atoms with van der Waals surface area (Å²) in [6, 6.07) is 6.19. The van der Waals surface area contributed by atoms with E-state index in [1.54, 1.807) is 7.11 Å². The van der Waals surface area contributed by atoms with Crippen molar-refractivity contribution in [2.24, 2.45) is 5.92 Å². The molecule has 2 nitrogen and oxygen atoms in total. The normalized spacial score (nSPS) is 10.5. The predicted molar refractivity (Wildman–Crippen MR) is 65.7 cm³/mol. The van der Waals surface area contributed by atoms with E-state index in [0.717, 1.165) is 23.9 Å². The monoisotopic (exact) mass is 207 g/mol. The van der Waals surface area contributed by atoms with Gasteiger partial charge in [0.2, 0.25) is 0 Å². The molecule has 2 heteroatoms. The fraction of sp³-hybridized carbons (Fsp3) is 0.538. The molecular formula is C13H21NO. The molecule has 0 aromatic heterocycles. The van der Waals surface area contributed by atoms with Crippen LogP contribution >= 0.6 is 0 Å². The highest BCUT2D eigenvalue weighted by Crippen LogP contribution is 2.25. The summed E-state index contributed by atoms with van der Waals surface area (Å²) in [4.78, 5) is 0. The number of ether oxygens (including phenoxy) is 1. The Morgan fingerprint density at radius 1 is 1.33 bits per heavy atom. The van der Waals surface area contributed by atoms with Gasteiger partial charge in [0.15, 0.2) is 0 Å². The molecule has 0 aliphatic carbocycles. The molecule has 0 aliphatic rings. The fourth-order valence-electron chi connectivity index (χ4n) is 1.46. The van der Waals surface area contributed by atoms with Gasteiger partial charge in [0.05, 0.1) is 12.8 Å². The summed E-state index contributed by atoms with van der Waals surface area (Å²) < 4.78 is 5.30. The molecule has 84 valence electrons. The molecule has 1 N–H and O–H groups in total. The van der Waals surface area contributed by atoms with Gasteiger partial charge >= 0.3 is 0 Å². The van der Waals surface area contributed by atoms with E-state index >= 15 is 0 Å². The van der Waals surface area contributed by atoms with Gasteiger partial charge in [-0.1, -0.05) is 19.9 Å². The molecule has 1 rings (SSSR count). The number of rotatable bonds is 5. The number of hydrogen-bond acceptors (Lipinski definition) is 2. The van der Waals surface area contributed by atoms with E-state index in [9.17, 15) is 0 Å². The maximum atomic E-state index is 5.30. The van der Waals surface area contributed by atoms with Crippen molar-refractivity contribution in [3.8, 4) is 5.75 Å². The van der Waals surface area contributed by atoms with Gasteiger partial charge in [-0.3, -0.25) is 0 Å². The minimum atomic E-state index is 0.730. The Balaban J connectivity index is 2.62. The van der Waals surface area contributed by atoms with Crippen LogP contribution in [0.15, 0.2) is 18.2 Å². The molecule has 0 radical (unpaired) electrons.